The second-order valence-electron chi connectivity index (χ2n) is 7.41. The standard InChI is InChI=1S/C18H22O3/c1-18-7-6-12-11-3-2-10(19)8-14(11)16(20)9-13(12)15(18)4-5-17(18)21/h2-3,8,12-13,15,17,19,21H,4-7,9H2,1H3/t12?,13?,15?,17?,18-/m0/s1. The number of rotatable bonds is 0. The van der Waals surface area contributed by atoms with E-state index in [9.17, 15) is 15.0 Å². The van der Waals surface area contributed by atoms with Gasteiger partial charge in [-0.3, -0.25) is 4.79 Å². The van der Waals surface area contributed by atoms with Crippen LogP contribution in [0.2, 0.25) is 0 Å². The average Bonchev–Trinajstić information content (AvgIpc) is 2.76. The van der Waals surface area contributed by atoms with E-state index < -0.39 is 0 Å². The summed E-state index contributed by atoms with van der Waals surface area (Å²) >= 11 is 0. The lowest BCUT2D eigenvalue weighted by atomic mass is 9.55. The van der Waals surface area contributed by atoms with Crippen molar-refractivity contribution in [3.05, 3.63) is 29.3 Å². The van der Waals surface area contributed by atoms with Crippen molar-refractivity contribution in [1.29, 1.82) is 0 Å². The molecule has 0 spiro atoms. The molecule has 4 unspecified atom stereocenters. The third-order valence-corrected chi connectivity index (χ3v) is 6.54. The van der Waals surface area contributed by atoms with Crippen LogP contribution in [0.3, 0.4) is 0 Å². The first kappa shape index (κ1) is 13.3. The van der Waals surface area contributed by atoms with Gasteiger partial charge in [0.25, 0.3) is 0 Å². The van der Waals surface area contributed by atoms with Crippen LogP contribution in [-0.2, 0) is 0 Å². The molecule has 1 aromatic rings. The SMILES string of the molecule is C[C@]12CCC3c4ccc(O)cc4C(=O)CC3C1CCC2O. The second-order valence-corrected chi connectivity index (χ2v) is 7.41. The van der Waals surface area contributed by atoms with Crippen LogP contribution in [0.15, 0.2) is 18.2 Å². The molecule has 3 heteroatoms. The van der Waals surface area contributed by atoms with Crippen molar-refractivity contribution < 1.29 is 15.0 Å². The smallest absolute Gasteiger partial charge is 0.163 e. The van der Waals surface area contributed by atoms with E-state index in [-0.39, 0.29) is 23.1 Å². The zero-order valence-corrected chi connectivity index (χ0v) is 12.4. The Balaban J connectivity index is 1.77. The number of aliphatic hydroxyl groups is 1. The second kappa shape index (κ2) is 4.33. The van der Waals surface area contributed by atoms with Crippen molar-refractivity contribution in [2.75, 3.05) is 0 Å². The third kappa shape index (κ3) is 1.73. The quantitative estimate of drug-likeness (QED) is 0.769. The summed E-state index contributed by atoms with van der Waals surface area (Å²) in [5.74, 6) is 1.58. The molecule has 5 atom stereocenters. The number of fused-ring (bicyclic) bond motifs is 5. The van der Waals surface area contributed by atoms with Crippen molar-refractivity contribution in [3.63, 3.8) is 0 Å². The summed E-state index contributed by atoms with van der Waals surface area (Å²) in [7, 11) is 0. The van der Waals surface area contributed by atoms with Gasteiger partial charge < -0.3 is 10.2 Å². The highest BCUT2D eigenvalue weighted by Crippen LogP contribution is 2.60. The summed E-state index contributed by atoms with van der Waals surface area (Å²) in [4.78, 5) is 12.5. The van der Waals surface area contributed by atoms with E-state index in [1.165, 1.54) is 0 Å². The third-order valence-electron chi connectivity index (χ3n) is 6.54. The Bertz CT molecular complexity index is 608. The normalized spacial score (nSPS) is 41.3. The number of ketones is 1. The number of hydrogen-bond donors (Lipinski definition) is 2. The molecule has 2 saturated carbocycles. The molecule has 1 aromatic carbocycles. The van der Waals surface area contributed by atoms with Crippen molar-refractivity contribution in [2.24, 2.45) is 17.3 Å². The van der Waals surface area contributed by atoms with Gasteiger partial charge in [0.2, 0.25) is 0 Å². The summed E-state index contributed by atoms with van der Waals surface area (Å²) in [5, 5.41) is 20.0. The number of aromatic hydroxyl groups is 1. The van der Waals surface area contributed by atoms with Gasteiger partial charge in [-0.2, -0.15) is 0 Å². The molecule has 0 heterocycles. The fourth-order valence-corrected chi connectivity index (χ4v) is 5.36. The molecule has 0 bridgehead atoms. The minimum absolute atomic E-state index is 0.00410. The molecule has 0 aliphatic heterocycles. The predicted octanol–water partition coefficient (Wildman–Crippen LogP) is 3.25. The molecular formula is C18H22O3. The largest absolute Gasteiger partial charge is 0.508 e. The van der Waals surface area contributed by atoms with Gasteiger partial charge in [-0.1, -0.05) is 13.0 Å². The van der Waals surface area contributed by atoms with Crippen molar-refractivity contribution in [3.8, 4) is 5.75 Å². The summed E-state index contributed by atoms with van der Waals surface area (Å²) in [6.45, 7) is 2.21. The number of aliphatic hydroxyl groups excluding tert-OH is 1. The van der Waals surface area contributed by atoms with Gasteiger partial charge in [0.15, 0.2) is 5.78 Å². The number of hydrogen-bond acceptors (Lipinski definition) is 3. The predicted molar refractivity (Wildman–Crippen MR) is 79.4 cm³/mol. The van der Waals surface area contributed by atoms with E-state index in [4.69, 9.17) is 0 Å². The lowest BCUT2D eigenvalue weighted by Crippen LogP contribution is -2.44. The molecule has 3 aliphatic rings. The molecule has 3 nitrogen and oxygen atoms in total. The monoisotopic (exact) mass is 286 g/mol. The van der Waals surface area contributed by atoms with Crippen molar-refractivity contribution in [1.82, 2.24) is 0 Å². The molecule has 2 fully saturated rings. The molecule has 0 aromatic heterocycles. The topological polar surface area (TPSA) is 57.5 Å². The molecule has 0 amide bonds. The molecule has 112 valence electrons. The lowest BCUT2D eigenvalue weighted by molar-refractivity contribution is -0.0208. The van der Waals surface area contributed by atoms with Gasteiger partial charge in [-0.15, -0.1) is 0 Å². The van der Waals surface area contributed by atoms with Gasteiger partial charge in [-0.25, -0.2) is 0 Å². The van der Waals surface area contributed by atoms with Crippen LogP contribution in [0.4, 0.5) is 0 Å². The van der Waals surface area contributed by atoms with E-state index in [1.54, 1.807) is 12.1 Å². The van der Waals surface area contributed by atoms with Crippen LogP contribution in [0.25, 0.3) is 0 Å². The Kier molecular flexibility index (Phi) is 2.74. The molecule has 4 rings (SSSR count). The first-order valence-corrected chi connectivity index (χ1v) is 8.05. The minimum atomic E-state index is -0.209. The number of phenolic OH excluding ortho intramolecular Hbond substituents is 1. The van der Waals surface area contributed by atoms with Gasteiger partial charge in [0.1, 0.15) is 5.75 Å². The fraction of sp³-hybridized carbons (Fsp3) is 0.611. The number of carbonyl (C=O) groups is 1. The number of benzene rings is 1. The van der Waals surface area contributed by atoms with E-state index >= 15 is 0 Å². The highest BCUT2D eigenvalue weighted by atomic mass is 16.3. The van der Waals surface area contributed by atoms with Gasteiger partial charge in [0.05, 0.1) is 6.10 Å². The number of carbonyl (C=O) groups excluding carboxylic acids is 1. The Hall–Kier alpha value is -1.35. The van der Waals surface area contributed by atoms with Crippen LogP contribution >= 0.6 is 0 Å². The van der Waals surface area contributed by atoms with Gasteiger partial charge in [-0.05, 0) is 66.5 Å². The Morgan fingerprint density at radius 3 is 2.86 bits per heavy atom. The minimum Gasteiger partial charge on any atom is -0.508 e. The number of Topliss-reactive ketones (excluding diaryl/α,β-unsaturated/α-hetero) is 1. The van der Waals surface area contributed by atoms with Gasteiger partial charge in [0, 0.05) is 12.0 Å². The lowest BCUT2D eigenvalue weighted by Gasteiger charge is -2.49. The van der Waals surface area contributed by atoms with Crippen LogP contribution in [0.1, 0.15) is 60.9 Å². The van der Waals surface area contributed by atoms with E-state index in [0.717, 1.165) is 36.8 Å². The van der Waals surface area contributed by atoms with Crippen LogP contribution in [0, 0.1) is 17.3 Å². The Labute approximate surface area is 125 Å². The zero-order chi connectivity index (χ0) is 14.8. The van der Waals surface area contributed by atoms with Crippen LogP contribution in [-0.4, -0.2) is 22.1 Å². The molecular weight excluding hydrogens is 264 g/mol. The molecule has 2 N–H and O–H groups in total. The van der Waals surface area contributed by atoms with Crippen molar-refractivity contribution >= 4 is 5.78 Å². The summed E-state index contributed by atoms with van der Waals surface area (Å²) in [6, 6.07) is 5.27. The summed E-state index contributed by atoms with van der Waals surface area (Å²) < 4.78 is 0. The maximum Gasteiger partial charge on any atom is 0.163 e. The number of phenols is 1. The summed E-state index contributed by atoms with van der Waals surface area (Å²) in [6.07, 6.45) is 4.36. The Morgan fingerprint density at radius 2 is 2.05 bits per heavy atom. The summed E-state index contributed by atoms with van der Waals surface area (Å²) in [5.41, 5.74) is 1.84. The highest BCUT2D eigenvalue weighted by Gasteiger charge is 2.55. The molecule has 0 radical (unpaired) electrons. The van der Waals surface area contributed by atoms with Gasteiger partial charge >= 0.3 is 0 Å². The van der Waals surface area contributed by atoms with E-state index in [1.807, 2.05) is 6.07 Å². The first-order chi connectivity index (χ1) is 10.0. The zero-order valence-electron chi connectivity index (χ0n) is 12.4. The maximum atomic E-state index is 12.5. The fourth-order valence-electron chi connectivity index (χ4n) is 5.36. The Morgan fingerprint density at radius 1 is 1.24 bits per heavy atom. The van der Waals surface area contributed by atoms with E-state index in [0.29, 0.717) is 24.2 Å². The van der Waals surface area contributed by atoms with Crippen molar-refractivity contribution in [2.45, 2.75) is 51.0 Å². The highest BCUT2D eigenvalue weighted by molar-refractivity contribution is 5.99. The average molecular weight is 286 g/mol. The molecule has 21 heavy (non-hydrogen) atoms. The van der Waals surface area contributed by atoms with E-state index in [2.05, 4.69) is 6.92 Å². The molecule has 0 saturated heterocycles. The molecule has 3 aliphatic carbocycles. The van der Waals surface area contributed by atoms with Crippen LogP contribution < -0.4 is 0 Å². The maximum absolute atomic E-state index is 12.5. The van der Waals surface area contributed by atoms with Crippen LogP contribution in [0.5, 0.6) is 5.75 Å². The first-order valence-electron chi connectivity index (χ1n) is 8.05.